The molecular formula is C10H16N2O3. The van der Waals surface area contributed by atoms with Gasteiger partial charge in [0.05, 0.1) is 0 Å². The van der Waals surface area contributed by atoms with Crippen molar-refractivity contribution in [2.45, 2.75) is 38.6 Å². The average molecular weight is 212 g/mol. The predicted molar refractivity (Wildman–Crippen MR) is 53.8 cm³/mol. The molecule has 3 N–H and O–H groups in total. The minimum Gasteiger partial charge on any atom is -0.363 e. The maximum Gasteiger partial charge on any atom is 0.284 e. The Bertz CT molecular complexity index is 310. The summed E-state index contributed by atoms with van der Waals surface area (Å²) in [4.78, 5) is 32.9. The Balaban J connectivity index is 2.44. The van der Waals surface area contributed by atoms with Crippen LogP contribution in [0.25, 0.3) is 0 Å². The van der Waals surface area contributed by atoms with E-state index >= 15 is 0 Å². The predicted octanol–water partition coefficient (Wildman–Crippen LogP) is -0.264. The summed E-state index contributed by atoms with van der Waals surface area (Å²) in [5, 5.41) is 2.83. The zero-order chi connectivity index (χ0) is 11.6. The Kier molecular flexibility index (Phi) is 3.12. The van der Waals surface area contributed by atoms with Gasteiger partial charge in [0.15, 0.2) is 0 Å². The lowest BCUT2D eigenvalue weighted by Gasteiger charge is -2.16. The molecule has 0 spiro atoms. The van der Waals surface area contributed by atoms with Crippen LogP contribution in [0, 0.1) is 5.92 Å². The highest BCUT2D eigenvalue weighted by atomic mass is 16.2. The molecule has 1 fully saturated rings. The third-order valence-corrected chi connectivity index (χ3v) is 2.58. The van der Waals surface area contributed by atoms with Gasteiger partial charge in [-0.2, -0.15) is 0 Å². The van der Waals surface area contributed by atoms with E-state index in [2.05, 4.69) is 5.32 Å². The maximum atomic E-state index is 11.4. The van der Waals surface area contributed by atoms with Gasteiger partial charge in [-0.05, 0) is 26.7 Å². The van der Waals surface area contributed by atoms with Gasteiger partial charge in [0.2, 0.25) is 11.7 Å². The molecule has 5 heteroatoms. The van der Waals surface area contributed by atoms with E-state index in [1.807, 2.05) is 13.8 Å². The Morgan fingerprint density at radius 2 is 2.13 bits per heavy atom. The van der Waals surface area contributed by atoms with Gasteiger partial charge < -0.3 is 11.1 Å². The SMILES string of the molecule is CC1(C)C[C@@H](CCC(=O)C(N)=O)C(=O)N1. The zero-order valence-corrected chi connectivity index (χ0v) is 9.00. The summed E-state index contributed by atoms with van der Waals surface area (Å²) in [5.74, 6) is -1.75. The number of primary amides is 1. The molecule has 2 amide bonds. The van der Waals surface area contributed by atoms with Gasteiger partial charge in [-0.3, -0.25) is 14.4 Å². The number of rotatable bonds is 4. The van der Waals surface area contributed by atoms with Crippen molar-refractivity contribution in [1.82, 2.24) is 5.32 Å². The van der Waals surface area contributed by atoms with Crippen LogP contribution in [0.2, 0.25) is 0 Å². The Labute approximate surface area is 88.4 Å². The monoisotopic (exact) mass is 212 g/mol. The summed E-state index contributed by atoms with van der Waals surface area (Å²) < 4.78 is 0. The fourth-order valence-corrected chi connectivity index (χ4v) is 1.86. The largest absolute Gasteiger partial charge is 0.363 e. The molecule has 1 rings (SSSR count). The number of amides is 2. The maximum absolute atomic E-state index is 11.4. The molecule has 0 saturated carbocycles. The van der Waals surface area contributed by atoms with Crippen molar-refractivity contribution in [3.05, 3.63) is 0 Å². The second-order valence-electron chi connectivity index (χ2n) is 4.60. The van der Waals surface area contributed by atoms with Crippen molar-refractivity contribution in [2.75, 3.05) is 0 Å². The molecule has 84 valence electrons. The van der Waals surface area contributed by atoms with E-state index in [4.69, 9.17) is 5.73 Å². The van der Waals surface area contributed by atoms with Gasteiger partial charge >= 0.3 is 0 Å². The fourth-order valence-electron chi connectivity index (χ4n) is 1.86. The number of carbonyl (C=O) groups is 3. The average Bonchev–Trinajstić information content (AvgIpc) is 2.35. The smallest absolute Gasteiger partial charge is 0.284 e. The molecule has 0 radical (unpaired) electrons. The molecule has 1 atom stereocenters. The lowest BCUT2D eigenvalue weighted by atomic mass is 9.92. The number of nitrogens with two attached hydrogens (primary N) is 1. The highest BCUT2D eigenvalue weighted by Gasteiger charge is 2.37. The molecule has 0 aromatic carbocycles. The van der Waals surface area contributed by atoms with E-state index in [9.17, 15) is 14.4 Å². The van der Waals surface area contributed by atoms with Crippen LogP contribution in [0.1, 0.15) is 33.1 Å². The van der Waals surface area contributed by atoms with Crippen molar-refractivity contribution < 1.29 is 14.4 Å². The third-order valence-electron chi connectivity index (χ3n) is 2.58. The number of hydrogen-bond donors (Lipinski definition) is 2. The summed E-state index contributed by atoms with van der Waals surface area (Å²) >= 11 is 0. The minimum absolute atomic E-state index is 0.0442. The van der Waals surface area contributed by atoms with Gasteiger partial charge in [0.1, 0.15) is 0 Å². The van der Waals surface area contributed by atoms with Gasteiger partial charge in [-0.25, -0.2) is 0 Å². The molecule has 0 bridgehead atoms. The topological polar surface area (TPSA) is 89.3 Å². The van der Waals surface area contributed by atoms with Crippen molar-refractivity contribution in [3.63, 3.8) is 0 Å². The third kappa shape index (κ3) is 3.04. The van der Waals surface area contributed by atoms with Crippen LogP contribution in [0.4, 0.5) is 0 Å². The van der Waals surface area contributed by atoms with Crippen LogP contribution in [-0.2, 0) is 14.4 Å². The lowest BCUT2D eigenvalue weighted by Crippen LogP contribution is -2.34. The quantitative estimate of drug-likeness (QED) is 0.629. The van der Waals surface area contributed by atoms with Gasteiger partial charge in [0.25, 0.3) is 5.91 Å². The van der Waals surface area contributed by atoms with E-state index in [0.717, 1.165) is 0 Å². The van der Waals surface area contributed by atoms with Gasteiger partial charge in [-0.1, -0.05) is 0 Å². The Morgan fingerprint density at radius 1 is 1.53 bits per heavy atom. The molecule has 5 nitrogen and oxygen atoms in total. The fraction of sp³-hybridized carbons (Fsp3) is 0.700. The van der Waals surface area contributed by atoms with E-state index < -0.39 is 11.7 Å². The van der Waals surface area contributed by atoms with E-state index in [0.29, 0.717) is 12.8 Å². The first-order chi connectivity index (χ1) is 6.82. The number of carbonyl (C=O) groups excluding carboxylic acids is 3. The van der Waals surface area contributed by atoms with Crippen LogP contribution >= 0.6 is 0 Å². The van der Waals surface area contributed by atoms with Crippen LogP contribution in [0.3, 0.4) is 0 Å². The molecule has 0 unspecified atom stereocenters. The summed E-state index contributed by atoms with van der Waals surface area (Å²) in [6.45, 7) is 3.86. The van der Waals surface area contributed by atoms with Crippen molar-refractivity contribution in [1.29, 1.82) is 0 Å². The molecule has 0 aromatic heterocycles. The molecule has 15 heavy (non-hydrogen) atoms. The molecule has 0 aliphatic carbocycles. The van der Waals surface area contributed by atoms with Gasteiger partial charge in [0, 0.05) is 17.9 Å². The minimum atomic E-state index is -0.923. The molecule has 1 aliphatic rings. The number of nitrogens with one attached hydrogen (secondary N) is 1. The zero-order valence-electron chi connectivity index (χ0n) is 9.00. The Hall–Kier alpha value is -1.39. The first-order valence-corrected chi connectivity index (χ1v) is 4.96. The van der Waals surface area contributed by atoms with Crippen LogP contribution in [0.5, 0.6) is 0 Å². The van der Waals surface area contributed by atoms with Crippen molar-refractivity contribution in [2.24, 2.45) is 11.7 Å². The number of hydrogen-bond acceptors (Lipinski definition) is 3. The number of Topliss-reactive ketones (excluding diaryl/α,β-unsaturated/α-hetero) is 1. The normalized spacial score (nSPS) is 23.6. The lowest BCUT2D eigenvalue weighted by molar-refractivity contribution is -0.136. The van der Waals surface area contributed by atoms with Crippen LogP contribution in [0.15, 0.2) is 0 Å². The summed E-state index contributed by atoms with van der Waals surface area (Å²) in [5.41, 5.74) is 4.61. The summed E-state index contributed by atoms with van der Waals surface area (Å²) in [7, 11) is 0. The molecule has 1 aliphatic heterocycles. The molecular weight excluding hydrogens is 196 g/mol. The second kappa shape index (κ2) is 4.00. The molecule has 1 saturated heterocycles. The number of ketones is 1. The van der Waals surface area contributed by atoms with Crippen LogP contribution in [-0.4, -0.2) is 23.1 Å². The summed E-state index contributed by atoms with van der Waals surface area (Å²) in [6, 6.07) is 0. The highest BCUT2D eigenvalue weighted by molar-refractivity contribution is 6.35. The van der Waals surface area contributed by atoms with E-state index in [1.165, 1.54) is 0 Å². The first-order valence-electron chi connectivity index (χ1n) is 4.96. The Morgan fingerprint density at radius 3 is 2.53 bits per heavy atom. The molecule has 0 aromatic rings. The first kappa shape index (κ1) is 11.7. The van der Waals surface area contributed by atoms with Gasteiger partial charge in [-0.15, -0.1) is 0 Å². The standard InChI is InChI=1S/C10H16N2O3/c1-10(2)5-6(9(15)12-10)3-4-7(13)8(11)14/h6H,3-5H2,1-2H3,(H2,11,14)(H,12,15)/t6-/m1/s1. The van der Waals surface area contributed by atoms with Crippen molar-refractivity contribution >= 4 is 17.6 Å². The second-order valence-corrected chi connectivity index (χ2v) is 4.60. The van der Waals surface area contributed by atoms with Crippen molar-refractivity contribution in [3.8, 4) is 0 Å². The van der Waals surface area contributed by atoms with E-state index in [1.54, 1.807) is 0 Å². The summed E-state index contributed by atoms with van der Waals surface area (Å²) in [6.07, 6.45) is 1.15. The van der Waals surface area contributed by atoms with E-state index in [-0.39, 0.29) is 23.8 Å². The van der Waals surface area contributed by atoms with Crippen LogP contribution < -0.4 is 11.1 Å². The molecule has 1 heterocycles. The highest BCUT2D eigenvalue weighted by Crippen LogP contribution is 2.27.